The second kappa shape index (κ2) is 12.1. The van der Waals surface area contributed by atoms with Crippen molar-refractivity contribution in [1.82, 2.24) is 20.4 Å². The lowest BCUT2D eigenvalue weighted by molar-refractivity contribution is -0.123. The van der Waals surface area contributed by atoms with E-state index in [0.29, 0.717) is 12.6 Å². The van der Waals surface area contributed by atoms with Gasteiger partial charge in [0, 0.05) is 32.2 Å². The summed E-state index contributed by atoms with van der Waals surface area (Å²) < 4.78 is 0. The van der Waals surface area contributed by atoms with Gasteiger partial charge in [-0.15, -0.1) is 0 Å². The van der Waals surface area contributed by atoms with Crippen LogP contribution in [0.1, 0.15) is 50.7 Å². The number of nitrogens with two attached hydrogens (primary N) is 1. The minimum Gasteiger partial charge on any atom is -0.369 e. The average molecular weight is 429 g/mol. The monoisotopic (exact) mass is 428 g/mol. The topological polar surface area (TPSA) is 86.0 Å². The van der Waals surface area contributed by atoms with Crippen molar-refractivity contribution in [2.75, 3.05) is 39.3 Å². The minimum atomic E-state index is -0.170. The molecule has 31 heavy (non-hydrogen) atoms. The molecule has 2 atom stereocenters. The number of piperidine rings is 1. The quantitative estimate of drug-likeness (QED) is 0.413. The third-order valence-electron chi connectivity index (χ3n) is 6.48. The normalized spacial score (nSPS) is 23.1. The van der Waals surface area contributed by atoms with Crippen LogP contribution < -0.4 is 16.4 Å². The van der Waals surface area contributed by atoms with Gasteiger partial charge in [0.1, 0.15) is 0 Å². The molecule has 2 saturated heterocycles. The lowest BCUT2D eigenvalue weighted by Gasteiger charge is -2.31. The molecular formula is C24H40N6O. The lowest BCUT2D eigenvalue weighted by Crippen LogP contribution is -2.44. The SMILES string of the molecule is CCNC(=NCc1cccc(CN2CCCC(C(N)=O)C2)c1)NCC1CCCN1CC. The number of benzene rings is 1. The van der Waals surface area contributed by atoms with Crippen molar-refractivity contribution in [3.05, 3.63) is 35.4 Å². The molecule has 4 N–H and O–H groups in total. The summed E-state index contributed by atoms with van der Waals surface area (Å²) in [6.45, 7) is 11.7. The maximum absolute atomic E-state index is 11.5. The first-order valence-corrected chi connectivity index (χ1v) is 11.9. The summed E-state index contributed by atoms with van der Waals surface area (Å²) >= 11 is 0. The summed E-state index contributed by atoms with van der Waals surface area (Å²) in [7, 11) is 0. The molecule has 2 unspecified atom stereocenters. The van der Waals surface area contributed by atoms with E-state index in [4.69, 9.17) is 10.7 Å². The zero-order valence-electron chi connectivity index (χ0n) is 19.3. The van der Waals surface area contributed by atoms with Gasteiger partial charge in [0.05, 0.1) is 12.5 Å². The number of hydrogen-bond acceptors (Lipinski definition) is 4. The van der Waals surface area contributed by atoms with Crippen molar-refractivity contribution in [3.63, 3.8) is 0 Å². The number of rotatable bonds is 9. The first-order chi connectivity index (χ1) is 15.1. The summed E-state index contributed by atoms with van der Waals surface area (Å²) in [5.74, 6) is 0.700. The van der Waals surface area contributed by atoms with Gasteiger partial charge in [-0.3, -0.25) is 14.6 Å². The largest absolute Gasteiger partial charge is 0.369 e. The molecule has 0 spiro atoms. The van der Waals surface area contributed by atoms with Gasteiger partial charge >= 0.3 is 0 Å². The van der Waals surface area contributed by atoms with Gasteiger partial charge in [0.15, 0.2) is 5.96 Å². The third kappa shape index (κ3) is 7.21. The standard InChI is InChI=1S/C24H40N6O/c1-3-26-24(28-16-22-11-7-13-30(22)4-2)27-15-19-8-5-9-20(14-19)17-29-12-6-10-21(18-29)23(25)31/h5,8-9,14,21-22H,3-4,6-7,10-13,15-18H2,1-2H3,(H2,25,31)(H2,26,27,28). The molecular weight excluding hydrogens is 388 g/mol. The highest BCUT2D eigenvalue weighted by molar-refractivity contribution is 5.79. The van der Waals surface area contributed by atoms with Crippen LogP contribution in [0.15, 0.2) is 29.3 Å². The molecule has 1 aromatic carbocycles. The molecule has 0 bridgehead atoms. The number of guanidine groups is 1. The summed E-state index contributed by atoms with van der Waals surface area (Å²) in [4.78, 5) is 21.3. The molecule has 7 nitrogen and oxygen atoms in total. The Labute approximate surface area is 187 Å². The lowest BCUT2D eigenvalue weighted by atomic mass is 9.97. The Hall–Kier alpha value is -2.12. The van der Waals surface area contributed by atoms with Crippen molar-refractivity contribution < 1.29 is 4.79 Å². The maximum atomic E-state index is 11.5. The number of aliphatic imine (C=N–C) groups is 1. The predicted molar refractivity (Wildman–Crippen MR) is 127 cm³/mol. The number of hydrogen-bond donors (Lipinski definition) is 3. The molecule has 2 heterocycles. The molecule has 0 aliphatic carbocycles. The number of likely N-dealkylation sites (tertiary alicyclic amines) is 2. The van der Waals surface area contributed by atoms with E-state index in [1.54, 1.807) is 0 Å². The Morgan fingerprint density at radius 2 is 1.97 bits per heavy atom. The van der Waals surface area contributed by atoms with Crippen LogP contribution in [0.2, 0.25) is 0 Å². The van der Waals surface area contributed by atoms with E-state index in [1.165, 1.54) is 30.5 Å². The van der Waals surface area contributed by atoms with Crippen molar-refractivity contribution in [2.24, 2.45) is 16.6 Å². The summed E-state index contributed by atoms with van der Waals surface area (Å²) in [5, 5.41) is 6.91. The highest BCUT2D eigenvalue weighted by Crippen LogP contribution is 2.19. The van der Waals surface area contributed by atoms with Gasteiger partial charge < -0.3 is 16.4 Å². The number of nitrogens with zero attached hydrogens (tertiary/aromatic N) is 3. The van der Waals surface area contributed by atoms with Crippen LogP contribution in [0.4, 0.5) is 0 Å². The van der Waals surface area contributed by atoms with Gasteiger partial charge in [0.25, 0.3) is 0 Å². The van der Waals surface area contributed by atoms with Crippen LogP contribution in [-0.2, 0) is 17.9 Å². The fourth-order valence-corrected chi connectivity index (χ4v) is 4.79. The van der Waals surface area contributed by atoms with Crippen molar-refractivity contribution >= 4 is 11.9 Å². The second-order valence-electron chi connectivity index (χ2n) is 8.80. The van der Waals surface area contributed by atoms with Crippen molar-refractivity contribution in [1.29, 1.82) is 0 Å². The molecule has 2 fully saturated rings. The fraction of sp³-hybridized carbons (Fsp3) is 0.667. The molecule has 0 aromatic heterocycles. The zero-order valence-corrected chi connectivity index (χ0v) is 19.3. The van der Waals surface area contributed by atoms with Crippen LogP contribution in [0.25, 0.3) is 0 Å². The highest BCUT2D eigenvalue weighted by Gasteiger charge is 2.24. The molecule has 3 rings (SSSR count). The molecule has 172 valence electrons. The number of primary amides is 1. The Balaban J connectivity index is 1.55. The smallest absolute Gasteiger partial charge is 0.221 e. The van der Waals surface area contributed by atoms with Gasteiger partial charge in [-0.2, -0.15) is 0 Å². The summed E-state index contributed by atoms with van der Waals surface area (Å²) in [5.41, 5.74) is 7.99. The van der Waals surface area contributed by atoms with Crippen LogP contribution in [-0.4, -0.2) is 67.0 Å². The Bertz CT molecular complexity index is 737. The van der Waals surface area contributed by atoms with Gasteiger partial charge in [-0.25, -0.2) is 4.99 Å². The Morgan fingerprint density at radius 3 is 2.74 bits per heavy atom. The van der Waals surface area contributed by atoms with Crippen molar-refractivity contribution in [3.8, 4) is 0 Å². The van der Waals surface area contributed by atoms with E-state index in [1.807, 2.05) is 0 Å². The molecule has 0 saturated carbocycles. The maximum Gasteiger partial charge on any atom is 0.221 e. The van der Waals surface area contributed by atoms with Gasteiger partial charge in [-0.1, -0.05) is 31.2 Å². The number of carbonyl (C=O) groups is 1. The third-order valence-corrected chi connectivity index (χ3v) is 6.48. The first kappa shape index (κ1) is 23.5. The molecule has 1 amide bonds. The number of carbonyl (C=O) groups excluding carboxylic acids is 1. The fourth-order valence-electron chi connectivity index (χ4n) is 4.79. The van der Waals surface area contributed by atoms with Crippen LogP contribution in [0.3, 0.4) is 0 Å². The molecule has 2 aliphatic rings. The van der Waals surface area contributed by atoms with E-state index in [2.05, 4.69) is 58.5 Å². The molecule has 2 aliphatic heterocycles. The molecule has 7 heteroatoms. The van der Waals surface area contributed by atoms with Crippen molar-refractivity contribution in [2.45, 2.75) is 58.7 Å². The average Bonchev–Trinajstić information content (AvgIpc) is 3.24. The van der Waals surface area contributed by atoms with E-state index in [0.717, 1.165) is 58.1 Å². The van der Waals surface area contributed by atoms with E-state index in [-0.39, 0.29) is 11.8 Å². The van der Waals surface area contributed by atoms with Gasteiger partial charge in [-0.05, 0) is 63.4 Å². The number of amides is 1. The molecule has 1 aromatic rings. The number of nitrogens with one attached hydrogen (secondary N) is 2. The predicted octanol–water partition coefficient (Wildman–Crippen LogP) is 1.92. The molecule has 0 radical (unpaired) electrons. The second-order valence-corrected chi connectivity index (χ2v) is 8.80. The van der Waals surface area contributed by atoms with Gasteiger partial charge in [0.2, 0.25) is 5.91 Å². The Kier molecular flexibility index (Phi) is 9.15. The van der Waals surface area contributed by atoms with Crippen LogP contribution in [0, 0.1) is 5.92 Å². The number of likely N-dealkylation sites (N-methyl/N-ethyl adjacent to an activating group) is 1. The van der Waals surface area contributed by atoms with E-state index in [9.17, 15) is 4.79 Å². The summed E-state index contributed by atoms with van der Waals surface area (Å²) in [6.07, 6.45) is 4.50. The van der Waals surface area contributed by atoms with E-state index < -0.39 is 0 Å². The zero-order chi connectivity index (χ0) is 22.1. The van der Waals surface area contributed by atoms with E-state index >= 15 is 0 Å². The minimum absolute atomic E-state index is 0.0150. The van der Waals surface area contributed by atoms with Crippen LogP contribution >= 0.6 is 0 Å². The first-order valence-electron chi connectivity index (χ1n) is 11.9. The Morgan fingerprint density at radius 1 is 1.16 bits per heavy atom. The van der Waals surface area contributed by atoms with Crippen LogP contribution in [0.5, 0.6) is 0 Å². The summed E-state index contributed by atoms with van der Waals surface area (Å²) in [6, 6.07) is 9.23. The highest BCUT2D eigenvalue weighted by atomic mass is 16.1.